The molecular weight excluding hydrogens is 617 g/mol. The van der Waals surface area contributed by atoms with Crippen LogP contribution in [0.4, 0.5) is 0 Å². The van der Waals surface area contributed by atoms with E-state index in [9.17, 15) is 0 Å². The molecule has 0 heterocycles. The number of hydrogen-bond donors (Lipinski definition) is 0. The Hall–Kier alpha value is -3.26. The predicted octanol–water partition coefficient (Wildman–Crippen LogP) is 12.6. The molecule has 256 valence electrons. The second-order valence-electron chi connectivity index (χ2n) is 16.8. The van der Waals surface area contributed by atoms with Crippen LogP contribution in [0.5, 0.6) is 0 Å². The molecule has 5 aliphatic carbocycles. The highest BCUT2D eigenvalue weighted by atomic mass is 28.3. The quantitative estimate of drug-likeness (QED) is 0.101. The Morgan fingerprint density at radius 3 is 1.96 bits per heavy atom. The minimum Gasteiger partial charge on any atom is -0.120 e. The van der Waals surface area contributed by atoms with E-state index in [1.165, 1.54) is 168 Å². The molecule has 0 saturated heterocycles. The van der Waals surface area contributed by atoms with Gasteiger partial charge in [-0.1, -0.05) is 157 Å². The average molecular weight is 673 g/mol. The Morgan fingerprint density at radius 2 is 1.22 bits per heavy atom. The van der Waals surface area contributed by atoms with Gasteiger partial charge in [-0.15, -0.1) is 5.54 Å². The summed E-state index contributed by atoms with van der Waals surface area (Å²) in [5.74, 6) is 5.00. The van der Waals surface area contributed by atoms with Gasteiger partial charge in [0.15, 0.2) is 8.07 Å². The fourth-order valence-corrected chi connectivity index (χ4v) is 18.0. The van der Waals surface area contributed by atoms with Crippen molar-refractivity contribution in [3.05, 3.63) is 100 Å². The third-order valence-electron chi connectivity index (χ3n) is 14.1. The first-order valence-electron chi connectivity index (χ1n) is 21.0. The largest absolute Gasteiger partial charge is 0.175 e. The average Bonchev–Trinajstić information content (AvgIpc) is 3.37. The van der Waals surface area contributed by atoms with Gasteiger partial charge in [0.2, 0.25) is 0 Å². The summed E-state index contributed by atoms with van der Waals surface area (Å²) in [4.78, 5) is 0. The Kier molecular flexibility index (Phi) is 9.40. The Bertz CT molecular complexity index is 1880. The highest BCUT2D eigenvalue weighted by molar-refractivity contribution is 7.01. The molecule has 0 atom stereocenters. The molecule has 0 bridgehead atoms. The van der Waals surface area contributed by atoms with Crippen molar-refractivity contribution >= 4 is 24.0 Å². The van der Waals surface area contributed by atoms with Crippen LogP contribution in [0.25, 0.3) is 21.9 Å². The summed E-state index contributed by atoms with van der Waals surface area (Å²) in [6, 6.07) is 28.5. The lowest BCUT2D eigenvalue weighted by molar-refractivity contribution is 0.442. The van der Waals surface area contributed by atoms with Crippen LogP contribution in [-0.2, 0) is 19.3 Å². The molecule has 0 N–H and O–H groups in total. The van der Waals surface area contributed by atoms with Crippen molar-refractivity contribution in [2.45, 2.75) is 158 Å². The van der Waals surface area contributed by atoms with Gasteiger partial charge in [-0.2, -0.15) is 0 Å². The van der Waals surface area contributed by atoms with Gasteiger partial charge < -0.3 is 0 Å². The maximum atomic E-state index is 4.62. The van der Waals surface area contributed by atoms with Gasteiger partial charge in [-0.05, 0) is 118 Å². The molecule has 9 rings (SSSR count). The molecule has 4 aromatic rings. The molecule has 0 radical (unpaired) electrons. The minimum absolute atomic E-state index is 0.686. The van der Waals surface area contributed by atoms with Crippen molar-refractivity contribution in [3.8, 4) is 22.6 Å². The van der Waals surface area contributed by atoms with E-state index in [0.717, 1.165) is 17.5 Å². The third kappa shape index (κ3) is 5.77. The maximum absolute atomic E-state index is 4.62. The van der Waals surface area contributed by atoms with Crippen molar-refractivity contribution in [3.63, 3.8) is 0 Å². The van der Waals surface area contributed by atoms with Crippen LogP contribution in [0, 0.1) is 23.6 Å². The number of hydrogen-bond acceptors (Lipinski definition) is 0. The van der Waals surface area contributed by atoms with Gasteiger partial charge in [0, 0.05) is 16.3 Å². The number of fused-ring (bicyclic) bond motifs is 5. The molecule has 5 aliphatic rings. The van der Waals surface area contributed by atoms with Crippen LogP contribution in [0.1, 0.15) is 161 Å². The molecule has 3 saturated carbocycles. The van der Waals surface area contributed by atoms with E-state index in [4.69, 9.17) is 0 Å². The van der Waals surface area contributed by atoms with Crippen molar-refractivity contribution in [1.82, 2.24) is 0 Å². The SMILES string of the molecule is C(#C[Si](c1cccc2c1Cc1ccccc1-2)(C1CCCCCC1)C1CCCCCC1)c1c2c(c(C3CCCCC3)c3c#cccc13)CCCC2. The first-order chi connectivity index (χ1) is 24.8. The summed E-state index contributed by atoms with van der Waals surface area (Å²) in [6.07, 6.45) is 29.7. The topological polar surface area (TPSA) is 0 Å². The minimum atomic E-state index is -2.37. The summed E-state index contributed by atoms with van der Waals surface area (Å²) in [5.41, 5.74) is 18.7. The standard InChI is InChI=1S/C49H56Si/c1-2-9-23-38(22-8-1)50(39-24-10-3-4-11-25-39,48-32-18-31-41-40-26-13-12-21-37(40)35-47(41)48)34-33-44-42-27-14-16-29-45(42)49(36-19-6-5-7-20-36)46-30-17-15-28-43(44)46/h12-14,18,21,26-27,31-32,36,38-39H,1-11,15,17,19-20,22-25,28,30,35H2. The smallest absolute Gasteiger partial charge is 0.120 e. The normalized spacial score (nSPS) is 20.5. The fourth-order valence-electron chi connectivity index (χ4n) is 11.8. The van der Waals surface area contributed by atoms with Crippen LogP contribution in [0.15, 0.2) is 54.6 Å². The summed E-state index contributed by atoms with van der Waals surface area (Å²) >= 11 is 0. The first kappa shape index (κ1) is 32.6. The van der Waals surface area contributed by atoms with Gasteiger partial charge in [0.05, 0.1) is 0 Å². The lowest BCUT2D eigenvalue weighted by Gasteiger charge is -2.42. The molecule has 0 aromatic heterocycles. The van der Waals surface area contributed by atoms with Crippen LogP contribution >= 0.6 is 0 Å². The second-order valence-corrected chi connectivity index (χ2v) is 21.0. The molecule has 1 heteroatoms. The van der Waals surface area contributed by atoms with E-state index >= 15 is 0 Å². The fraction of sp³-hybridized carbons (Fsp3) is 0.510. The monoisotopic (exact) mass is 672 g/mol. The maximum Gasteiger partial charge on any atom is 0.175 e. The Balaban J connectivity index is 1.30. The number of benzene rings is 3. The zero-order chi connectivity index (χ0) is 33.3. The second kappa shape index (κ2) is 14.4. The molecule has 0 spiro atoms. The highest BCUT2D eigenvalue weighted by Crippen LogP contribution is 2.49. The third-order valence-corrected chi connectivity index (χ3v) is 19.8. The van der Waals surface area contributed by atoms with E-state index in [0.29, 0.717) is 5.92 Å². The Labute approximate surface area is 303 Å². The lowest BCUT2D eigenvalue weighted by Crippen LogP contribution is -2.56. The first-order valence-corrected chi connectivity index (χ1v) is 23.1. The predicted molar refractivity (Wildman–Crippen MR) is 214 cm³/mol. The Morgan fingerprint density at radius 1 is 0.580 bits per heavy atom. The van der Waals surface area contributed by atoms with Gasteiger partial charge in [-0.25, -0.2) is 0 Å². The molecular formula is C49H56Si. The molecule has 0 nitrogen and oxygen atoms in total. The van der Waals surface area contributed by atoms with E-state index in [-0.39, 0.29) is 0 Å². The van der Waals surface area contributed by atoms with Crippen molar-refractivity contribution in [1.29, 1.82) is 0 Å². The highest BCUT2D eigenvalue weighted by Gasteiger charge is 2.50. The van der Waals surface area contributed by atoms with Crippen LogP contribution in [-0.4, -0.2) is 8.07 Å². The van der Waals surface area contributed by atoms with Crippen LogP contribution < -0.4 is 5.19 Å². The van der Waals surface area contributed by atoms with Crippen LogP contribution in [0.2, 0.25) is 11.1 Å². The molecule has 0 amide bonds. The zero-order valence-electron chi connectivity index (χ0n) is 30.5. The zero-order valence-corrected chi connectivity index (χ0v) is 31.5. The molecule has 4 aromatic carbocycles. The van der Waals surface area contributed by atoms with Crippen molar-refractivity contribution < 1.29 is 0 Å². The van der Waals surface area contributed by atoms with Crippen molar-refractivity contribution in [2.24, 2.45) is 0 Å². The van der Waals surface area contributed by atoms with Gasteiger partial charge in [0.25, 0.3) is 0 Å². The molecule has 0 aliphatic heterocycles. The van der Waals surface area contributed by atoms with Gasteiger partial charge in [-0.3, -0.25) is 0 Å². The summed E-state index contributed by atoms with van der Waals surface area (Å²) in [7, 11) is -2.37. The van der Waals surface area contributed by atoms with E-state index in [2.05, 4.69) is 78.2 Å². The molecule has 3 fully saturated rings. The lowest BCUT2D eigenvalue weighted by atomic mass is 9.74. The van der Waals surface area contributed by atoms with Crippen molar-refractivity contribution in [2.75, 3.05) is 0 Å². The number of rotatable bonds is 4. The van der Waals surface area contributed by atoms with E-state index in [1.807, 2.05) is 0 Å². The summed E-state index contributed by atoms with van der Waals surface area (Å²) in [5, 5.41) is 4.51. The van der Waals surface area contributed by atoms with Crippen LogP contribution in [0.3, 0.4) is 0 Å². The molecule has 0 unspecified atom stereocenters. The van der Waals surface area contributed by atoms with Gasteiger partial charge in [0.1, 0.15) is 0 Å². The summed E-state index contributed by atoms with van der Waals surface area (Å²) in [6.45, 7) is 0. The van der Waals surface area contributed by atoms with E-state index < -0.39 is 8.07 Å². The van der Waals surface area contributed by atoms with Gasteiger partial charge >= 0.3 is 0 Å². The van der Waals surface area contributed by atoms with E-state index in [1.54, 1.807) is 27.4 Å². The molecule has 50 heavy (non-hydrogen) atoms. The summed E-state index contributed by atoms with van der Waals surface area (Å²) < 4.78 is 0.